The van der Waals surface area contributed by atoms with Gasteiger partial charge in [0.15, 0.2) is 0 Å². The maximum atomic E-state index is 11.2. The Hall–Kier alpha value is -1.79. The summed E-state index contributed by atoms with van der Waals surface area (Å²) < 4.78 is 6.32. The van der Waals surface area contributed by atoms with Gasteiger partial charge in [-0.3, -0.25) is 0 Å². The van der Waals surface area contributed by atoms with E-state index >= 15 is 0 Å². The van der Waals surface area contributed by atoms with Crippen LogP contribution in [0.15, 0.2) is 44.6 Å². The monoisotopic (exact) mass is 291 g/mol. The molecule has 96 valence electrons. The van der Waals surface area contributed by atoms with E-state index in [0.29, 0.717) is 16.9 Å². The number of carboxylic acids is 1. The minimum absolute atomic E-state index is 0.0188. The lowest BCUT2D eigenvalue weighted by atomic mass is 10.1. The fourth-order valence-electron chi connectivity index (χ4n) is 1.83. The van der Waals surface area contributed by atoms with E-state index in [2.05, 4.69) is 4.98 Å². The van der Waals surface area contributed by atoms with E-state index in [1.54, 1.807) is 12.3 Å². The molecule has 0 amide bonds. The molecular formula is C13H9NO3S2. The molecule has 0 radical (unpaired) electrons. The normalized spacial score (nSPS) is 10.9. The van der Waals surface area contributed by atoms with Crippen LogP contribution >= 0.6 is 23.1 Å². The van der Waals surface area contributed by atoms with Crippen molar-refractivity contribution in [2.24, 2.45) is 0 Å². The molecule has 1 N–H and O–H groups in total. The van der Waals surface area contributed by atoms with E-state index in [-0.39, 0.29) is 5.76 Å². The Morgan fingerprint density at radius 3 is 3.00 bits per heavy atom. The summed E-state index contributed by atoms with van der Waals surface area (Å²) in [6, 6.07) is 7.36. The van der Waals surface area contributed by atoms with E-state index in [1.807, 2.05) is 23.6 Å². The van der Waals surface area contributed by atoms with Crippen molar-refractivity contribution in [2.45, 2.75) is 10.1 Å². The van der Waals surface area contributed by atoms with Gasteiger partial charge in [-0.2, -0.15) is 0 Å². The minimum Gasteiger partial charge on any atom is -0.475 e. The van der Waals surface area contributed by atoms with Gasteiger partial charge in [0.1, 0.15) is 9.92 Å². The van der Waals surface area contributed by atoms with Crippen LogP contribution in [0.25, 0.3) is 11.0 Å². The zero-order valence-electron chi connectivity index (χ0n) is 9.70. The summed E-state index contributed by atoms with van der Waals surface area (Å²) in [4.78, 5) is 15.4. The number of carboxylic acid groups (broad SMARTS) is 1. The second-order valence-corrected chi connectivity index (χ2v) is 5.91. The van der Waals surface area contributed by atoms with E-state index in [9.17, 15) is 9.90 Å². The number of aromatic carboxylic acids is 1. The molecule has 4 nitrogen and oxygen atoms in total. The quantitative estimate of drug-likeness (QED) is 0.739. The van der Waals surface area contributed by atoms with Crippen molar-refractivity contribution < 1.29 is 14.3 Å². The number of carbonyl (C=O) groups is 1. The highest BCUT2D eigenvalue weighted by Gasteiger charge is 2.19. The van der Waals surface area contributed by atoms with E-state index in [4.69, 9.17) is 4.42 Å². The van der Waals surface area contributed by atoms with Gasteiger partial charge < -0.3 is 9.52 Å². The number of nitrogens with zero attached hydrogens (tertiary/aromatic N) is 1. The molecule has 0 atom stereocenters. The molecule has 0 aliphatic carbocycles. The first-order valence-corrected chi connectivity index (χ1v) is 7.38. The first-order valence-electron chi connectivity index (χ1n) is 5.51. The van der Waals surface area contributed by atoms with Crippen molar-refractivity contribution >= 4 is 40.0 Å². The summed E-state index contributed by atoms with van der Waals surface area (Å²) >= 11 is 3.05. The van der Waals surface area contributed by atoms with Crippen LogP contribution in [-0.4, -0.2) is 16.1 Å². The Labute approximate surface area is 117 Å². The molecular weight excluding hydrogens is 282 g/mol. The van der Waals surface area contributed by atoms with Gasteiger partial charge in [-0.1, -0.05) is 30.0 Å². The SMILES string of the molecule is O=C(O)c1oc2ccccc2c1CSc1nccs1. The maximum Gasteiger partial charge on any atom is 0.372 e. The summed E-state index contributed by atoms with van der Waals surface area (Å²) in [5, 5.41) is 12.0. The van der Waals surface area contributed by atoms with Crippen molar-refractivity contribution in [1.29, 1.82) is 0 Å². The molecule has 3 rings (SSSR count). The van der Waals surface area contributed by atoms with Crippen LogP contribution in [0.4, 0.5) is 0 Å². The Morgan fingerprint density at radius 2 is 2.26 bits per heavy atom. The molecule has 2 heterocycles. The first-order chi connectivity index (χ1) is 9.25. The molecule has 0 saturated carbocycles. The molecule has 0 spiro atoms. The highest BCUT2D eigenvalue weighted by Crippen LogP contribution is 2.32. The zero-order chi connectivity index (χ0) is 13.2. The molecule has 1 aromatic carbocycles. The van der Waals surface area contributed by atoms with Gasteiger partial charge in [0.25, 0.3) is 0 Å². The van der Waals surface area contributed by atoms with Gasteiger partial charge in [-0.25, -0.2) is 9.78 Å². The van der Waals surface area contributed by atoms with Crippen LogP contribution < -0.4 is 0 Å². The highest BCUT2D eigenvalue weighted by molar-refractivity contribution is 8.00. The topological polar surface area (TPSA) is 63.3 Å². The molecule has 3 aromatic rings. The number of benzene rings is 1. The first kappa shape index (κ1) is 12.3. The Morgan fingerprint density at radius 1 is 1.42 bits per heavy atom. The van der Waals surface area contributed by atoms with Crippen LogP contribution in [0.2, 0.25) is 0 Å². The van der Waals surface area contributed by atoms with E-state index in [0.717, 1.165) is 9.73 Å². The number of aromatic nitrogens is 1. The number of thioether (sulfide) groups is 1. The molecule has 0 aliphatic heterocycles. The number of fused-ring (bicyclic) bond motifs is 1. The molecule has 0 aliphatic rings. The van der Waals surface area contributed by atoms with Gasteiger partial charge in [0, 0.05) is 28.3 Å². The van der Waals surface area contributed by atoms with Gasteiger partial charge in [-0.15, -0.1) is 11.3 Å². The third-order valence-electron chi connectivity index (χ3n) is 2.64. The summed E-state index contributed by atoms with van der Waals surface area (Å²) in [6.07, 6.45) is 1.73. The number of hydrogen-bond acceptors (Lipinski definition) is 5. The smallest absolute Gasteiger partial charge is 0.372 e. The third-order valence-corrected chi connectivity index (χ3v) is 4.63. The van der Waals surface area contributed by atoms with E-state index < -0.39 is 5.97 Å². The number of furan rings is 1. The van der Waals surface area contributed by atoms with Gasteiger partial charge in [0.05, 0.1) is 0 Å². The number of thiazole rings is 1. The van der Waals surface area contributed by atoms with E-state index in [1.165, 1.54) is 23.1 Å². The molecule has 2 aromatic heterocycles. The molecule has 0 saturated heterocycles. The van der Waals surface area contributed by atoms with Crippen molar-refractivity contribution in [3.63, 3.8) is 0 Å². The predicted octanol–water partition coefficient (Wildman–Crippen LogP) is 3.88. The molecule has 0 fully saturated rings. The standard InChI is InChI=1S/C13H9NO3S2/c15-12(16)11-9(7-19-13-14-5-6-18-13)8-3-1-2-4-10(8)17-11/h1-6H,7H2,(H,15,16). The fourth-order valence-corrected chi connectivity index (χ4v) is 3.50. The lowest BCUT2D eigenvalue weighted by molar-refractivity contribution is 0.0664. The van der Waals surface area contributed by atoms with Crippen molar-refractivity contribution in [2.75, 3.05) is 0 Å². The third kappa shape index (κ3) is 2.36. The average molecular weight is 291 g/mol. The number of para-hydroxylation sites is 1. The highest BCUT2D eigenvalue weighted by atomic mass is 32.2. The Bertz CT molecular complexity index is 719. The lowest BCUT2D eigenvalue weighted by Crippen LogP contribution is -1.97. The predicted molar refractivity (Wildman–Crippen MR) is 74.8 cm³/mol. The minimum atomic E-state index is -1.04. The summed E-state index contributed by atoms with van der Waals surface area (Å²) in [5.74, 6) is -0.484. The molecule has 6 heteroatoms. The summed E-state index contributed by atoms with van der Waals surface area (Å²) in [7, 11) is 0. The lowest BCUT2D eigenvalue weighted by Gasteiger charge is -1.98. The molecule has 0 unspecified atom stereocenters. The van der Waals surface area contributed by atoms with Gasteiger partial charge in [-0.05, 0) is 6.07 Å². The summed E-state index contributed by atoms with van der Waals surface area (Å²) in [6.45, 7) is 0. The summed E-state index contributed by atoms with van der Waals surface area (Å²) in [5.41, 5.74) is 1.32. The van der Waals surface area contributed by atoms with Crippen LogP contribution in [-0.2, 0) is 5.75 Å². The number of hydrogen-bond donors (Lipinski definition) is 1. The van der Waals surface area contributed by atoms with Crippen LogP contribution in [0.3, 0.4) is 0 Å². The average Bonchev–Trinajstić information content (AvgIpc) is 3.03. The van der Waals surface area contributed by atoms with Crippen LogP contribution in [0.1, 0.15) is 16.1 Å². The van der Waals surface area contributed by atoms with Crippen molar-refractivity contribution in [3.05, 3.63) is 47.2 Å². The van der Waals surface area contributed by atoms with Gasteiger partial charge >= 0.3 is 5.97 Å². The van der Waals surface area contributed by atoms with Crippen LogP contribution in [0, 0.1) is 0 Å². The fraction of sp³-hybridized carbons (Fsp3) is 0.0769. The molecule has 19 heavy (non-hydrogen) atoms. The largest absolute Gasteiger partial charge is 0.475 e. The van der Waals surface area contributed by atoms with Crippen molar-refractivity contribution in [1.82, 2.24) is 4.98 Å². The maximum absolute atomic E-state index is 11.2. The van der Waals surface area contributed by atoms with Crippen molar-refractivity contribution in [3.8, 4) is 0 Å². The Balaban J connectivity index is 2.00. The van der Waals surface area contributed by atoms with Crippen LogP contribution in [0.5, 0.6) is 0 Å². The number of rotatable bonds is 4. The second kappa shape index (κ2) is 5.07. The molecule has 0 bridgehead atoms. The van der Waals surface area contributed by atoms with Gasteiger partial charge in [0.2, 0.25) is 5.76 Å². The Kier molecular flexibility index (Phi) is 3.27. The zero-order valence-corrected chi connectivity index (χ0v) is 11.3. The second-order valence-electron chi connectivity index (χ2n) is 3.80.